The van der Waals surface area contributed by atoms with Gasteiger partial charge in [0.05, 0.1) is 20.3 Å². The van der Waals surface area contributed by atoms with E-state index in [-0.39, 0.29) is 23.1 Å². The lowest BCUT2D eigenvalue weighted by molar-refractivity contribution is -0.873. The van der Waals surface area contributed by atoms with Crippen LogP contribution in [-0.2, 0) is 6.54 Å². The number of aromatic hydroxyl groups is 1. The fourth-order valence-corrected chi connectivity index (χ4v) is 2.70. The minimum absolute atomic E-state index is 0.0232. The molecule has 0 bridgehead atoms. The summed E-state index contributed by atoms with van der Waals surface area (Å²) in [5, 5.41) is 28.7. The van der Waals surface area contributed by atoms with Gasteiger partial charge in [-0.1, -0.05) is 21.1 Å². The molecule has 0 unspecified atom stereocenters. The Morgan fingerprint density at radius 2 is 2.25 bits per heavy atom. The number of halogens is 1. The zero-order chi connectivity index (χ0) is 20.3. The fraction of sp³-hybridized carbons (Fsp3) is 0.200. The zero-order valence-corrected chi connectivity index (χ0v) is 16.5. The van der Waals surface area contributed by atoms with Crippen molar-refractivity contribution >= 4 is 33.9 Å². The zero-order valence-electron chi connectivity index (χ0n) is 14.9. The Balaban J connectivity index is 1.85. The fourth-order valence-electron chi connectivity index (χ4n) is 2.32. The second kappa shape index (κ2) is 8.14. The molecule has 0 aliphatic rings. The van der Waals surface area contributed by atoms with Gasteiger partial charge in [-0.3, -0.25) is 4.79 Å². The van der Waals surface area contributed by atoms with E-state index in [9.17, 15) is 9.90 Å². The van der Waals surface area contributed by atoms with Crippen molar-refractivity contribution in [3.05, 3.63) is 39.6 Å². The van der Waals surface area contributed by atoms with Crippen molar-refractivity contribution in [3.8, 4) is 11.6 Å². The van der Waals surface area contributed by atoms with Crippen LogP contribution in [0.5, 0.6) is 5.75 Å². The summed E-state index contributed by atoms with van der Waals surface area (Å²) in [5.41, 5.74) is 9.03. The standard InChI is InChI=1S/C15H16BrN9O3/c1-24(2)7-10-12(19-23-25(10)14-13(17)21-28-22-14)15(27)20-18-6-8-5-9(16)3-4-11(8)26/h3-6,26H,7H2,1-2H3,(H2,17,21)(H,20,27)/p+1/b18-6+. The van der Waals surface area contributed by atoms with Crippen LogP contribution in [0.2, 0.25) is 0 Å². The number of carbonyl (C=O) groups excluding carboxylic acids is 1. The number of benzene rings is 1. The predicted molar refractivity (Wildman–Crippen MR) is 101 cm³/mol. The smallest absolute Gasteiger partial charge is 0.294 e. The van der Waals surface area contributed by atoms with Crippen molar-refractivity contribution in [2.45, 2.75) is 6.54 Å². The number of rotatable bonds is 6. The average Bonchev–Trinajstić information content (AvgIpc) is 3.23. The lowest BCUT2D eigenvalue weighted by atomic mass is 10.2. The first-order valence-electron chi connectivity index (χ1n) is 8.00. The number of nitrogen functional groups attached to an aromatic ring is 1. The van der Waals surface area contributed by atoms with Crippen LogP contribution >= 0.6 is 15.9 Å². The molecule has 3 aromatic rings. The van der Waals surface area contributed by atoms with Crippen molar-refractivity contribution in [2.75, 3.05) is 19.8 Å². The molecular formula is C15H17BrN9O3+. The molecule has 0 aliphatic heterocycles. The number of nitrogens with one attached hydrogen (secondary N) is 2. The van der Waals surface area contributed by atoms with Crippen LogP contribution in [0, 0.1) is 0 Å². The van der Waals surface area contributed by atoms with Crippen molar-refractivity contribution in [1.29, 1.82) is 0 Å². The van der Waals surface area contributed by atoms with E-state index in [0.29, 0.717) is 17.8 Å². The Hall–Kier alpha value is -3.32. The first kappa shape index (κ1) is 19.4. The third-order valence-electron chi connectivity index (χ3n) is 3.55. The van der Waals surface area contributed by atoms with E-state index in [0.717, 1.165) is 9.37 Å². The van der Waals surface area contributed by atoms with Crippen LogP contribution in [0.4, 0.5) is 5.82 Å². The molecule has 3 rings (SSSR count). The molecule has 0 radical (unpaired) electrons. The number of hydrogen-bond acceptors (Lipinski definition) is 9. The number of hydrogen-bond donors (Lipinski definition) is 4. The van der Waals surface area contributed by atoms with Gasteiger partial charge in [0, 0.05) is 10.0 Å². The van der Waals surface area contributed by atoms with E-state index in [2.05, 4.69) is 51.7 Å². The average molecular weight is 451 g/mol. The van der Waals surface area contributed by atoms with Crippen molar-refractivity contribution in [1.82, 2.24) is 30.7 Å². The summed E-state index contributed by atoms with van der Waals surface area (Å²) in [5.74, 6) is -0.387. The molecule has 28 heavy (non-hydrogen) atoms. The summed E-state index contributed by atoms with van der Waals surface area (Å²) >= 11 is 3.30. The van der Waals surface area contributed by atoms with Crippen molar-refractivity contribution in [3.63, 3.8) is 0 Å². The second-order valence-electron chi connectivity index (χ2n) is 6.06. The number of anilines is 1. The van der Waals surface area contributed by atoms with Crippen molar-refractivity contribution in [2.24, 2.45) is 5.10 Å². The maximum Gasteiger partial charge on any atom is 0.294 e. The van der Waals surface area contributed by atoms with Crippen LogP contribution < -0.4 is 16.1 Å². The number of nitrogens with zero attached hydrogens (tertiary/aromatic N) is 6. The van der Waals surface area contributed by atoms with E-state index in [4.69, 9.17) is 5.73 Å². The van der Waals surface area contributed by atoms with Gasteiger partial charge in [-0.2, -0.15) is 9.78 Å². The summed E-state index contributed by atoms with van der Waals surface area (Å²) in [7, 11) is 3.80. The van der Waals surface area contributed by atoms with Gasteiger partial charge in [0.2, 0.25) is 11.6 Å². The Morgan fingerprint density at radius 1 is 1.46 bits per heavy atom. The summed E-state index contributed by atoms with van der Waals surface area (Å²) in [4.78, 5) is 13.6. The van der Waals surface area contributed by atoms with Gasteiger partial charge in [-0.25, -0.2) is 10.1 Å². The first-order chi connectivity index (χ1) is 13.4. The first-order valence-corrected chi connectivity index (χ1v) is 8.80. The summed E-state index contributed by atoms with van der Waals surface area (Å²) in [6, 6.07) is 4.85. The van der Waals surface area contributed by atoms with Crippen LogP contribution in [0.25, 0.3) is 5.82 Å². The van der Waals surface area contributed by atoms with Gasteiger partial charge in [-0.05, 0) is 28.5 Å². The molecule has 0 fully saturated rings. The maximum absolute atomic E-state index is 12.5. The van der Waals surface area contributed by atoms with Gasteiger partial charge in [0.15, 0.2) is 5.69 Å². The summed E-state index contributed by atoms with van der Waals surface area (Å²) in [6.07, 6.45) is 1.32. The van der Waals surface area contributed by atoms with E-state index in [1.54, 1.807) is 12.1 Å². The Labute approximate surface area is 167 Å². The van der Waals surface area contributed by atoms with Crippen LogP contribution in [-0.4, -0.2) is 56.6 Å². The number of phenols is 1. The highest BCUT2D eigenvalue weighted by atomic mass is 79.9. The number of nitrogens with two attached hydrogens (primary N) is 1. The molecule has 0 aliphatic carbocycles. The number of amides is 1. The molecule has 13 heteroatoms. The van der Waals surface area contributed by atoms with Gasteiger partial charge >= 0.3 is 0 Å². The number of aromatic nitrogens is 5. The molecule has 0 atom stereocenters. The van der Waals surface area contributed by atoms with E-state index in [1.807, 2.05) is 14.1 Å². The van der Waals surface area contributed by atoms with Crippen molar-refractivity contribution < 1.29 is 19.4 Å². The minimum atomic E-state index is -0.580. The highest BCUT2D eigenvalue weighted by molar-refractivity contribution is 9.10. The molecule has 2 aromatic heterocycles. The SMILES string of the molecule is C[NH+](C)Cc1c(C(=O)N/N=C/c2cc(Br)ccc2O)nnn1-c1nonc1N. The van der Waals surface area contributed by atoms with E-state index < -0.39 is 5.91 Å². The summed E-state index contributed by atoms with van der Waals surface area (Å²) < 4.78 is 6.66. The Kier molecular flexibility index (Phi) is 5.65. The maximum atomic E-state index is 12.5. The number of carbonyl (C=O) groups is 1. The van der Waals surface area contributed by atoms with Gasteiger partial charge in [-0.15, -0.1) is 5.10 Å². The van der Waals surface area contributed by atoms with Crippen LogP contribution in [0.3, 0.4) is 0 Å². The molecule has 0 saturated carbocycles. The van der Waals surface area contributed by atoms with Crippen LogP contribution in [0.15, 0.2) is 32.4 Å². The molecule has 1 aromatic carbocycles. The lowest BCUT2D eigenvalue weighted by Gasteiger charge is -2.08. The number of quaternary nitrogens is 1. The molecule has 5 N–H and O–H groups in total. The third-order valence-corrected chi connectivity index (χ3v) is 4.05. The van der Waals surface area contributed by atoms with Gasteiger partial charge < -0.3 is 15.7 Å². The van der Waals surface area contributed by atoms with E-state index in [1.165, 1.54) is 17.0 Å². The topological polar surface area (TPSA) is 162 Å². The second-order valence-corrected chi connectivity index (χ2v) is 6.97. The molecule has 12 nitrogen and oxygen atoms in total. The largest absolute Gasteiger partial charge is 0.507 e. The quantitative estimate of drug-likeness (QED) is 0.277. The highest BCUT2D eigenvalue weighted by Gasteiger charge is 2.25. The number of hydrazone groups is 1. The highest BCUT2D eigenvalue weighted by Crippen LogP contribution is 2.20. The van der Waals surface area contributed by atoms with E-state index >= 15 is 0 Å². The Bertz CT molecular complexity index is 1030. The van der Waals surface area contributed by atoms with Crippen LogP contribution in [0.1, 0.15) is 21.7 Å². The molecular weight excluding hydrogens is 434 g/mol. The summed E-state index contributed by atoms with van der Waals surface area (Å²) in [6.45, 7) is 0.401. The molecule has 2 heterocycles. The normalized spacial score (nSPS) is 11.4. The predicted octanol–water partition coefficient (Wildman–Crippen LogP) is -0.891. The third kappa shape index (κ3) is 4.15. The molecule has 0 spiro atoms. The molecule has 1 amide bonds. The molecule has 146 valence electrons. The lowest BCUT2D eigenvalue weighted by Crippen LogP contribution is -3.04. The number of phenolic OH excluding ortho intramolecular Hbond substituents is 1. The Morgan fingerprint density at radius 3 is 2.93 bits per heavy atom. The monoisotopic (exact) mass is 450 g/mol. The minimum Gasteiger partial charge on any atom is -0.507 e. The van der Waals surface area contributed by atoms with Gasteiger partial charge in [0.1, 0.15) is 18.0 Å². The molecule has 0 saturated heterocycles. The van der Waals surface area contributed by atoms with Gasteiger partial charge in [0.25, 0.3) is 5.91 Å².